The highest BCUT2D eigenvalue weighted by atomic mass is 79.9. The highest BCUT2D eigenvalue weighted by Crippen LogP contribution is 2.32. The molecule has 0 bridgehead atoms. The van der Waals surface area contributed by atoms with Crippen molar-refractivity contribution in [2.24, 2.45) is 0 Å². The van der Waals surface area contributed by atoms with Crippen molar-refractivity contribution in [1.82, 2.24) is 0 Å². The van der Waals surface area contributed by atoms with Crippen LogP contribution in [0.25, 0.3) is 6.08 Å². The average Bonchev–Trinajstić information content (AvgIpc) is 2.65. The van der Waals surface area contributed by atoms with Crippen molar-refractivity contribution in [1.29, 1.82) is 0 Å². The van der Waals surface area contributed by atoms with E-state index in [4.69, 9.17) is 0 Å². The van der Waals surface area contributed by atoms with Gasteiger partial charge in [0.1, 0.15) is 11.6 Å². The molecule has 0 saturated heterocycles. The summed E-state index contributed by atoms with van der Waals surface area (Å²) in [6.07, 6.45) is 1.45. The molecule has 0 aliphatic heterocycles. The second kappa shape index (κ2) is 8.95. The van der Waals surface area contributed by atoms with Crippen LogP contribution in [-0.2, 0) is 0 Å². The van der Waals surface area contributed by atoms with Gasteiger partial charge in [0.2, 0.25) is 0 Å². The maximum atomic E-state index is 14.1. The van der Waals surface area contributed by atoms with Crippen LogP contribution in [0.2, 0.25) is 0 Å². The van der Waals surface area contributed by atoms with Crippen LogP contribution in [0.5, 0.6) is 0 Å². The first-order valence-electron chi connectivity index (χ1n) is 7.83. The molecule has 3 aromatic rings. The zero-order valence-electron chi connectivity index (χ0n) is 13.8. The van der Waals surface area contributed by atoms with Gasteiger partial charge in [0.15, 0.2) is 5.78 Å². The Morgan fingerprint density at radius 1 is 0.852 bits per heavy atom. The minimum Gasteiger partial charge on any atom is -0.288 e. The van der Waals surface area contributed by atoms with E-state index in [2.05, 4.69) is 31.9 Å². The summed E-state index contributed by atoms with van der Waals surface area (Å²) in [6.45, 7) is 0. The number of Topliss-reactive ketones (excluding diaryl/α,β-unsaturated/α-hetero) is 1. The van der Waals surface area contributed by atoms with E-state index in [0.29, 0.717) is 10.5 Å². The van der Waals surface area contributed by atoms with Crippen LogP contribution < -0.4 is 0 Å². The zero-order valence-corrected chi connectivity index (χ0v) is 17.7. The van der Waals surface area contributed by atoms with E-state index in [9.17, 15) is 13.6 Å². The van der Waals surface area contributed by atoms with Crippen molar-refractivity contribution in [2.75, 3.05) is 0 Å². The number of hydrogen-bond acceptors (Lipinski definition) is 2. The molecule has 0 aromatic heterocycles. The van der Waals surface area contributed by atoms with E-state index in [-0.39, 0.29) is 11.3 Å². The number of carbonyl (C=O) groups is 1. The molecule has 0 amide bonds. The van der Waals surface area contributed by atoms with Crippen molar-refractivity contribution < 1.29 is 13.6 Å². The van der Waals surface area contributed by atoms with E-state index in [1.807, 2.05) is 24.3 Å². The monoisotopic (exact) mass is 508 g/mol. The number of allylic oxidation sites excluding steroid dienone is 1. The molecule has 27 heavy (non-hydrogen) atoms. The third-order valence-corrected chi connectivity index (χ3v) is 5.71. The van der Waals surface area contributed by atoms with Gasteiger partial charge in [-0.1, -0.05) is 43.6 Å². The smallest absolute Gasteiger partial charge is 0.199 e. The Morgan fingerprint density at radius 3 is 2.04 bits per heavy atom. The molecule has 0 spiro atoms. The van der Waals surface area contributed by atoms with Crippen LogP contribution >= 0.6 is 43.6 Å². The van der Waals surface area contributed by atoms with Crippen molar-refractivity contribution in [3.63, 3.8) is 0 Å². The second-order valence-electron chi connectivity index (χ2n) is 5.57. The third kappa shape index (κ3) is 5.37. The fourth-order valence-electron chi connectivity index (χ4n) is 2.27. The van der Waals surface area contributed by atoms with Gasteiger partial charge in [-0.25, -0.2) is 8.78 Å². The van der Waals surface area contributed by atoms with Crippen LogP contribution in [0.3, 0.4) is 0 Å². The lowest BCUT2D eigenvalue weighted by Crippen LogP contribution is -2.01. The highest BCUT2D eigenvalue weighted by molar-refractivity contribution is 9.10. The minimum atomic E-state index is -0.715. The van der Waals surface area contributed by atoms with Gasteiger partial charge in [-0.3, -0.25) is 4.79 Å². The number of rotatable bonds is 5. The van der Waals surface area contributed by atoms with Crippen molar-refractivity contribution in [2.45, 2.75) is 4.90 Å². The molecule has 0 saturated carbocycles. The van der Waals surface area contributed by atoms with Gasteiger partial charge >= 0.3 is 0 Å². The normalized spacial score (nSPS) is 11.5. The Morgan fingerprint density at radius 2 is 1.44 bits per heavy atom. The molecule has 3 rings (SSSR count). The molecule has 0 aliphatic rings. The summed E-state index contributed by atoms with van der Waals surface area (Å²) in [4.78, 5) is 14.2. The van der Waals surface area contributed by atoms with E-state index in [1.165, 1.54) is 30.0 Å². The van der Waals surface area contributed by atoms with Gasteiger partial charge in [0.05, 0.1) is 4.91 Å². The summed E-state index contributed by atoms with van der Waals surface area (Å²) in [5.41, 5.74) is 0.637. The number of thioether (sulfide) groups is 1. The molecule has 0 radical (unpaired) electrons. The summed E-state index contributed by atoms with van der Waals surface area (Å²) >= 11 is 7.95. The average molecular weight is 510 g/mol. The summed E-state index contributed by atoms with van der Waals surface area (Å²) < 4.78 is 29.1. The first-order chi connectivity index (χ1) is 12.9. The SMILES string of the molecule is O=C(C(=Cc1ccc(F)cc1F)Sc1ccc(Br)cc1)c1ccc(Br)cc1. The number of carbonyl (C=O) groups excluding carboxylic acids is 1. The topological polar surface area (TPSA) is 17.1 Å². The Labute approximate surface area is 176 Å². The number of halogens is 4. The van der Waals surface area contributed by atoms with Gasteiger partial charge in [-0.15, -0.1) is 0 Å². The fraction of sp³-hybridized carbons (Fsp3) is 0. The lowest BCUT2D eigenvalue weighted by Gasteiger charge is -2.08. The fourth-order valence-corrected chi connectivity index (χ4v) is 3.73. The Hall–Kier alpha value is -1.76. The number of ketones is 1. The van der Waals surface area contributed by atoms with Crippen molar-refractivity contribution in [3.8, 4) is 0 Å². The summed E-state index contributed by atoms with van der Waals surface area (Å²) in [6, 6.07) is 17.7. The van der Waals surface area contributed by atoms with Crippen LogP contribution in [0.4, 0.5) is 8.78 Å². The first kappa shape index (κ1) is 20.0. The molecule has 0 fully saturated rings. The molecule has 0 N–H and O–H groups in total. The molecule has 136 valence electrons. The van der Waals surface area contributed by atoms with Gasteiger partial charge in [0, 0.05) is 31.0 Å². The van der Waals surface area contributed by atoms with E-state index >= 15 is 0 Å². The molecular formula is C21H12Br2F2OS. The van der Waals surface area contributed by atoms with Crippen LogP contribution in [0, 0.1) is 11.6 Å². The quantitative estimate of drug-likeness (QED) is 0.201. The van der Waals surface area contributed by atoms with Gasteiger partial charge in [-0.05, 0) is 66.7 Å². The Kier molecular flexibility index (Phi) is 6.63. The lowest BCUT2D eigenvalue weighted by molar-refractivity contribution is 0.104. The predicted octanol–water partition coefficient (Wildman–Crippen LogP) is 7.51. The third-order valence-electron chi connectivity index (χ3n) is 3.62. The maximum absolute atomic E-state index is 14.1. The predicted molar refractivity (Wildman–Crippen MR) is 113 cm³/mol. The summed E-state index contributed by atoms with van der Waals surface area (Å²) in [5, 5.41) is 0. The summed E-state index contributed by atoms with van der Waals surface area (Å²) in [5.74, 6) is -1.61. The molecule has 3 aromatic carbocycles. The second-order valence-corrected chi connectivity index (χ2v) is 8.51. The molecule has 6 heteroatoms. The largest absolute Gasteiger partial charge is 0.288 e. The lowest BCUT2D eigenvalue weighted by atomic mass is 10.1. The highest BCUT2D eigenvalue weighted by Gasteiger charge is 2.15. The van der Waals surface area contributed by atoms with Crippen LogP contribution in [0.1, 0.15) is 15.9 Å². The number of benzene rings is 3. The van der Waals surface area contributed by atoms with Gasteiger partial charge in [-0.2, -0.15) is 0 Å². The van der Waals surface area contributed by atoms with Crippen LogP contribution in [0.15, 0.2) is 85.5 Å². The molecular weight excluding hydrogens is 498 g/mol. The molecule has 0 heterocycles. The maximum Gasteiger partial charge on any atom is 0.199 e. The van der Waals surface area contributed by atoms with E-state index < -0.39 is 11.6 Å². The van der Waals surface area contributed by atoms with Crippen LogP contribution in [-0.4, -0.2) is 5.78 Å². The van der Waals surface area contributed by atoms with E-state index in [0.717, 1.165) is 19.9 Å². The van der Waals surface area contributed by atoms with Crippen molar-refractivity contribution >= 4 is 55.5 Å². The first-order valence-corrected chi connectivity index (χ1v) is 10.2. The van der Waals surface area contributed by atoms with Gasteiger partial charge in [0.25, 0.3) is 0 Å². The molecule has 0 aliphatic carbocycles. The molecule has 1 nitrogen and oxygen atoms in total. The summed E-state index contributed by atoms with van der Waals surface area (Å²) in [7, 11) is 0. The Bertz CT molecular complexity index is 1000. The van der Waals surface area contributed by atoms with E-state index in [1.54, 1.807) is 24.3 Å². The van der Waals surface area contributed by atoms with Gasteiger partial charge < -0.3 is 0 Å². The Balaban J connectivity index is 2.01. The molecule has 0 atom stereocenters. The molecule has 0 unspecified atom stereocenters. The number of hydrogen-bond donors (Lipinski definition) is 0. The minimum absolute atomic E-state index is 0.154. The van der Waals surface area contributed by atoms with Crippen molar-refractivity contribution in [3.05, 3.63) is 103 Å². The zero-order chi connectivity index (χ0) is 19.4. The standard InChI is InChI=1S/C21H12Br2F2OS/c22-15-4-1-13(2-5-15)21(26)20(27-18-9-6-16(23)7-10-18)11-14-3-8-17(24)12-19(14)25/h1-12H.